The molecule has 9 aromatic rings. The van der Waals surface area contributed by atoms with Crippen molar-refractivity contribution >= 4 is 10.9 Å². The maximum Gasteiger partial charge on any atom is 0.160 e. The molecule has 2 heterocycles. The quantitative estimate of drug-likeness (QED) is 0.185. The number of ether oxygens (including phenoxy) is 1. The molecule has 0 bridgehead atoms. The highest BCUT2D eigenvalue weighted by Gasteiger charge is 2.51. The average Bonchev–Trinajstić information content (AvgIpc) is 3.54. The van der Waals surface area contributed by atoms with E-state index in [9.17, 15) is 0 Å². The lowest BCUT2D eigenvalue weighted by Gasteiger charge is -2.40. The molecule has 1 aliphatic carbocycles. The molecule has 0 radical (unpaired) electrons. The molecule has 1 aromatic heterocycles. The highest BCUT2D eigenvalue weighted by Crippen LogP contribution is 2.63. The third kappa shape index (κ3) is 4.49. The Kier molecular flexibility index (Phi) is 6.77. The van der Waals surface area contributed by atoms with Gasteiger partial charge in [0, 0.05) is 33.2 Å². The number of hydrogen-bond donors (Lipinski definition) is 0. The highest BCUT2D eigenvalue weighted by atomic mass is 16.5. The third-order valence-corrected chi connectivity index (χ3v) is 11.2. The Balaban J connectivity index is 1.02. The minimum absolute atomic E-state index is 0.487. The zero-order chi connectivity index (χ0) is 35.6. The second-order valence-corrected chi connectivity index (χ2v) is 14.1. The standard InChI is InChI=1S/C51H32N2O/c1-2-14-35(15-3-1)50-52-46-26-10-6-20-41(46)48(53-50)37-17-12-16-36(32-37)33-28-30-34(31-29-33)38-21-13-25-45-49(38)54-47-27-11-9-24-44(47)51(45)42-22-7-4-18-39(42)40-19-5-8-23-43(40)51/h1-32H. The largest absolute Gasteiger partial charge is 0.456 e. The predicted molar refractivity (Wildman–Crippen MR) is 219 cm³/mol. The molecule has 0 saturated heterocycles. The Labute approximate surface area is 313 Å². The van der Waals surface area contributed by atoms with Crippen molar-refractivity contribution in [3.63, 3.8) is 0 Å². The molecule has 0 fully saturated rings. The van der Waals surface area contributed by atoms with Crippen molar-refractivity contribution in [1.29, 1.82) is 0 Å². The SMILES string of the molecule is c1ccc(-c2nc(-c3cccc(-c4ccc(-c5cccc6c5Oc5ccccc5C65c6ccccc6-c6ccccc65)cc4)c3)c3ccccc3n2)cc1. The predicted octanol–water partition coefficient (Wildman–Crippen LogP) is 12.8. The van der Waals surface area contributed by atoms with E-state index in [2.05, 4.69) is 170 Å². The van der Waals surface area contributed by atoms with Crippen LogP contribution in [0.2, 0.25) is 0 Å². The molecular weight excluding hydrogens is 657 g/mol. The Morgan fingerprint density at radius 2 is 0.944 bits per heavy atom. The van der Waals surface area contributed by atoms with E-state index in [0.717, 1.165) is 67.3 Å². The summed E-state index contributed by atoms with van der Waals surface area (Å²) >= 11 is 0. The van der Waals surface area contributed by atoms with Crippen molar-refractivity contribution in [3.05, 3.63) is 216 Å². The van der Waals surface area contributed by atoms with Crippen molar-refractivity contribution < 1.29 is 4.74 Å². The van der Waals surface area contributed by atoms with Crippen LogP contribution in [0.15, 0.2) is 194 Å². The molecule has 1 aliphatic heterocycles. The van der Waals surface area contributed by atoms with Crippen LogP contribution in [0.5, 0.6) is 11.5 Å². The maximum absolute atomic E-state index is 6.92. The summed E-state index contributed by atoms with van der Waals surface area (Å²) in [7, 11) is 0. The number of rotatable bonds is 4. The lowest BCUT2D eigenvalue weighted by Crippen LogP contribution is -2.32. The first-order chi connectivity index (χ1) is 26.8. The summed E-state index contributed by atoms with van der Waals surface area (Å²) < 4.78 is 6.92. The summed E-state index contributed by atoms with van der Waals surface area (Å²) in [4.78, 5) is 10.0. The molecule has 3 heteroatoms. The minimum Gasteiger partial charge on any atom is -0.456 e. The van der Waals surface area contributed by atoms with Crippen LogP contribution in [0.1, 0.15) is 22.3 Å². The molecule has 0 atom stereocenters. The van der Waals surface area contributed by atoms with E-state index < -0.39 is 5.41 Å². The molecule has 252 valence electrons. The Bertz CT molecular complexity index is 2870. The summed E-state index contributed by atoms with van der Waals surface area (Å²) in [6, 6.07) is 68.9. The van der Waals surface area contributed by atoms with E-state index in [1.807, 2.05) is 24.3 Å². The monoisotopic (exact) mass is 688 g/mol. The van der Waals surface area contributed by atoms with Crippen LogP contribution in [0.3, 0.4) is 0 Å². The molecule has 1 spiro atoms. The number of para-hydroxylation sites is 3. The van der Waals surface area contributed by atoms with Gasteiger partial charge in [-0.25, -0.2) is 9.97 Å². The number of fused-ring (bicyclic) bond motifs is 10. The molecule has 2 aliphatic rings. The number of hydrogen-bond acceptors (Lipinski definition) is 3. The van der Waals surface area contributed by atoms with E-state index in [1.54, 1.807) is 0 Å². The van der Waals surface area contributed by atoms with E-state index in [-0.39, 0.29) is 0 Å². The van der Waals surface area contributed by atoms with Crippen LogP contribution in [-0.2, 0) is 5.41 Å². The first kappa shape index (κ1) is 30.5. The number of benzene rings is 8. The van der Waals surface area contributed by atoms with E-state index in [4.69, 9.17) is 14.7 Å². The summed E-state index contributed by atoms with van der Waals surface area (Å²) in [6.07, 6.45) is 0. The van der Waals surface area contributed by atoms with E-state index >= 15 is 0 Å². The lowest BCUT2D eigenvalue weighted by atomic mass is 9.65. The first-order valence-corrected chi connectivity index (χ1v) is 18.4. The summed E-state index contributed by atoms with van der Waals surface area (Å²) in [5, 5.41) is 1.03. The van der Waals surface area contributed by atoms with Crippen molar-refractivity contribution in [1.82, 2.24) is 9.97 Å². The minimum atomic E-state index is -0.487. The van der Waals surface area contributed by atoms with Crippen LogP contribution < -0.4 is 4.74 Å². The molecule has 11 rings (SSSR count). The fraction of sp³-hybridized carbons (Fsp3) is 0.0196. The van der Waals surface area contributed by atoms with Gasteiger partial charge < -0.3 is 4.74 Å². The Hall–Kier alpha value is -7.10. The van der Waals surface area contributed by atoms with Gasteiger partial charge in [-0.1, -0.05) is 176 Å². The van der Waals surface area contributed by atoms with Crippen molar-refractivity contribution in [2.75, 3.05) is 0 Å². The fourth-order valence-corrected chi connectivity index (χ4v) is 8.81. The first-order valence-electron chi connectivity index (χ1n) is 18.4. The third-order valence-electron chi connectivity index (χ3n) is 11.2. The molecule has 0 amide bonds. The number of aromatic nitrogens is 2. The Morgan fingerprint density at radius 3 is 1.74 bits per heavy atom. The summed E-state index contributed by atoms with van der Waals surface area (Å²) in [6.45, 7) is 0. The van der Waals surface area contributed by atoms with Gasteiger partial charge in [-0.3, -0.25) is 0 Å². The zero-order valence-corrected chi connectivity index (χ0v) is 29.3. The molecule has 54 heavy (non-hydrogen) atoms. The van der Waals surface area contributed by atoms with Crippen molar-refractivity contribution in [2.45, 2.75) is 5.41 Å². The molecule has 0 saturated carbocycles. The van der Waals surface area contributed by atoms with Crippen molar-refractivity contribution in [2.24, 2.45) is 0 Å². The van der Waals surface area contributed by atoms with Crippen LogP contribution in [0.25, 0.3) is 66.9 Å². The lowest BCUT2D eigenvalue weighted by molar-refractivity contribution is 0.438. The topological polar surface area (TPSA) is 35.0 Å². The van der Waals surface area contributed by atoms with Gasteiger partial charge in [-0.2, -0.15) is 0 Å². The molecule has 0 N–H and O–H groups in total. The molecule has 3 nitrogen and oxygen atoms in total. The maximum atomic E-state index is 6.92. The van der Waals surface area contributed by atoms with Gasteiger partial charge in [0.05, 0.1) is 16.6 Å². The second-order valence-electron chi connectivity index (χ2n) is 14.1. The highest BCUT2D eigenvalue weighted by molar-refractivity contribution is 5.95. The normalized spacial score (nSPS) is 13.1. The van der Waals surface area contributed by atoms with Gasteiger partial charge in [0.1, 0.15) is 11.5 Å². The van der Waals surface area contributed by atoms with Gasteiger partial charge >= 0.3 is 0 Å². The Morgan fingerprint density at radius 1 is 0.370 bits per heavy atom. The van der Waals surface area contributed by atoms with Gasteiger partial charge in [0.15, 0.2) is 5.82 Å². The zero-order valence-electron chi connectivity index (χ0n) is 29.3. The second kappa shape index (κ2) is 12.0. The summed E-state index contributed by atoms with van der Waals surface area (Å²) in [5.41, 5.74) is 15.3. The average molecular weight is 689 g/mol. The molecule has 8 aromatic carbocycles. The van der Waals surface area contributed by atoms with Gasteiger partial charge in [-0.05, 0) is 57.1 Å². The molecular formula is C51H32N2O. The molecule has 0 unspecified atom stereocenters. The smallest absolute Gasteiger partial charge is 0.160 e. The van der Waals surface area contributed by atoms with Gasteiger partial charge in [-0.15, -0.1) is 0 Å². The van der Waals surface area contributed by atoms with Crippen LogP contribution >= 0.6 is 0 Å². The van der Waals surface area contributed by atoms with Gasteiger partial charge in [0.2, 0.25) is 0 Å². The van der Waals surface area contributed by atoms with Crippen molar-refractivity contribution in [3.8, 4) is 67.5 Å². The fourth-order valence-electron chi connectivity index (χ4n) is 8.81. The summed E-state index contributed by atoms with van der Waals surface area (Å²) in [5.74, 6) is 2.52. The van der Waals surface area contributed by atoms with E-state index in [0.29, 0.717) is 0 Å². The van der Waals surface area contributed by atoms with Crippen LogP contribution in [-0.4, -0.2) is 9.97 Å². The van der Waals surface area contributed by atoms with Crippen LogP contribution in [0, 0.1) is 0 Å². The van der Waals surface area contributed by atoms with E-state index in [1.165, 1.54) is 33.4 Å². The number of nitrogens with zero attached hydrogens (tertiary/aromatic N) is 2. The van der Waals surface area contributed by atoms with Crippen LogP contribution in [0.4, 0.5) is 0 Å². The van der Waals surface area contributed by atoms with Gasteiger partial charge in [0.25, 0.3) is 0 Å².